The average Bonchev–Trinajstić information content (AvgIpc) is 2.96. The van der Waals surface area contributed by atoms with Crippen molar-refractivity contribution in [2.45, 2.75) is 20.3 Å². The molecule has 3 aromatic rings. The lowest BCUT2D eigenvalue weighted by Gasteiger charge is -2.11. The van der Waals surface area contributed by atoms with Crippen molar-refractivity contribution in [2.75, 3.05) is 11.9 Å². The van der Waals surface area contributed by atoms with Gasteiger partial charge < -0.3 is 10.4 Å². The second-order valence-corrected chi connectivity index (χ2v) is 5.73. The zero-order chi connectivity index (χ0) is 14.8. The number of nitrogens with one attached hydrogen (secondary N) is 1. The molecule has 0 fully saturated rings. The molecule has 5 nitrogen and oxygen atoms in total. The summed E-state index contributed by atoms with van der Waals surface area (Å²) in [6, 6.07) is 3.72. The van der Waals surface area contributed by atoms with E-state index >= 15 is 0 Å². The summed E-state index contributed by atoms with van der Waals surface area (Å²) in [6.07, 6.45) is 2.42. The molecule has 0 saturated carbocycles. The van der Waals surface area contributed by atoms with E-state index in [-0.39, 0.29) is 0 Å². The van der Waals surface area contributed by atoms with Gasteiger partial charge in [-0.3, -0.25) is 0 Å². The Morgan fingerprint density at radius 3 is 2.86 bits per heavy atom. The van der Waals surface area contributed by atoms with Crippen molar-refractivity contribution in [3.05, 3.63) is 40.7 Å². The number of aromatic hydroxyl groups is 1. The molecule has 2 heterocycles. The molecule has 0 aliphatic carbocycles. The SMILES string of the molecule is Cc1c(O)ccc(CCNc2ncnc3scnc23)c1C. The van der Waals surface area contributed by atoms with E-state index in [0.717, 1.165) is 40.3 Å². The van der Waals surface area contributed by atoms with Gasteiger partial charge in [-0.15, -0.1) is 11.3 Å². The Morgan fingerprint density at radius 2 is 2.00 bits per heavy atom. The van der Waals surface area contributed by atoms with Crippen molar-refractivity contribution in [2.24, 2.45) is 0 Å². The van der Waals surface area contributed by atoms with Crippen LogP contribution in [0.15, 0.2) is 24.0 Å². The van der Waals surface area contributed by atoms with Crippen LogP contribution in [0.5, 0.6) is 5.75 Å². The van der Waals surface area contributed by atoms with Crippen molar-refractivity contribution < 1.29 is 5.11 Å². The molecule has 0 amide bonds. The van der Waals surface area contributed by atoms with E-state index in [4.69, 9.17) is 0 Å². The number of fused-ring (bicyclic) bond motifs is 1. The molecule has 0 atom stereocenters. The highest BCUT2D eigenvalue weighted by Crippen LogP contribution is 2.24. The van der Waals surface area contributed by atoms with Crippen LogP contribution in [0.2, 0.25) is 0 Å². The van der Waals surface area contributed by atoms with E-state index in [2.05, 4.69) is 20.3 Å². The van der Waals surface area contributed by atoms with Gasteiger partial charge >= 0.3 is 0 Å². The number of phenols is 1. The standard InChI is InChI=1S/C15H16N4OS/c1-9-10(2)12(20)4-3-11(9)5-6-16-14-13-15(18-7-17-14)21-8-19-13/h3-4,7-8,20H,5-6H2,1-2H3,(H,16,17,18). The van der Waals surface area contributed by atoms with E-state index in [1.807, 2.05) is 19.9 Å². The van der Waals surface area contributed by atoms with Crippen molar-refractivity contribution >= 4 is 27.5 Å². The predicted molar refractivity (Wildman–Crippen MR) is 85.0 cm³/mol. The summed E-state index contributed by atoms with van der Waals surface area (Å²) in [4.78, 5) is 13.6. The fourth-order valence-electron chi connectivity index (χ4n) is 2.27. The van der Waals surface area contributed by atoms with Gasteiger partial charge in [-0.25, -0.2) is 15.0 Å². The second kappa shape index (κ2) is 5.65. The van der Waals surface area contributed by atoms with Crippen LogP contribution in [0.3, 0.4) is 0 Å². The van der Waals surface area contributed by atoms with Gasteiger partial charge in [0.2, 0.25) is 0 Å². The van der Waals surface area contributed by atoms with Crippen molar-refractivity contribution in [1.29, 1.82) is 0 Å². The van der Waals surface area contributed by atoms with E-state index in [1.54, 1.807) is 17.9 Å². The van der Waals surface area contributed by atoms with Gasteiger partial charge in [-0.05, 0) is 43.0 Å². The molecule has 0 unspecified atom stereocenters. The van der Waals surface area contributed by atoms with Crippen LogP contribution in [0.4, 0.5) is 5.82 Å². The van der Waals surface area contributed by atoms with Crippen molar-refractivity contribution in [1.82, 2.24) is 15.0 Å². The Balaban J connectivity index is 1.72. The summed E-state index contributed by atoms with van der Waals surface area (Å²) in [6.45, 7) is 4.73. The molecule has 0 saturated heterocycles. The number of anilines is 1. The molecule has 0 bridgehead atoms. The quantitative estimate of drug-likeness (QED) is 0.775. The van der Waals surface area contributed by atoms with E-state index in [1.165, 1.54) is 16.9 Å². The minimum atomic E-state index is 0.351. The fraction of sp³-hybridized carbons (Fsp3) is 0.267. The van der Waals surface area contributed by atoms with Crippen LogP contribution >= 0.6 is 11.3 Å². The van der Waals surface area contributed by atoms with Gasteiger partial charge in [0, 0.05) is 6.54 Å². The molecule has 2 aromatic heterocycles. The summed E-state index contributed by atoms with van der Waals surface area (Å²) < 4.78 is 0. The summed E-state index contributed by atoms with van der Waals surface area (Å²) >= 11 is 1.51. The van der Waals surface area contributed by atoms with E-state index in [9.17, 15) is 5.11 Å². The highest BCUT2D eigenvalue weighted by atomic mass is 32.1. The zero-order valence-electron chi connectivity index (χ0n) is 11.9. The highest BCUT2D eigenvalue weighted by molar-refractivity contribution is 7.16. The number of benzene rings is 1. The first kappa shape index (κ1) is 13.8. The third-order valence-corrected chi connectivity index (χ3v) is 4.43. The number of thiazole rings is 1. The van der Waals surface area contributed by atoms with Gasteiger partial charge in [0.1, 0.15) is 22.4 Å². The first-order valence-corrected chi connectivity index (χ1v) is 7.61. The van der Waals surface area contributed by atoms with Gasteiger partial charge in [-0.2, -0.15) is 0 Å². The zero-order valence-corrected chi connectivity index (χ0v) is 12.7. The summed E-state index contributed by atoms with van der Waals surface area (Å²) in [7, 11) is 0. The summed E-state index contributed by atoms with van der Waals surface area (Å²) in [5.74, 6) is 1.12. The monoisotopic (exact) mass is 300 g/mol. The van der Waals surface area contributed by atoms with Crippen LogP contribution in [-0.4, -0.2) is 26.6 Å². The summed E-state index contributed by atoms with van der Waals surface area (Å²) in [5.41, 5.74) is 5.90. The Kier molecular flexibility index (Phi) is 3.70. The number of nitrogens with zero attached hydrogens (tertiary/aromatic N) is 3. The normalized spacial score (nSPS) is 11.0. The lowest BCUT2D eigenvalue weighted by Crippen LogP contribution is -2.08. The molecular weight excluding hydrogens is 284 g/mol. The molecule has 0 spiro atoms. The Bertz CT molecular complexity index is 784. The van der Waals surface area contributed by atoms with Crippen molar-refractivity contribution in [3.63, 3.8) is 0 Å². The maximum atomic E-state index is 9.68. The van der Waals surface area contributed by atoms with Gasteiger partial charge in [0.15, 0.2) is 5.82 Å². The minimum absolute atomic E-state index is 0.351. The van der Waals surface area contributed by atoms with E-state index in [0.29, 0.717) is 5.75 Å². The first-order chi connectivity index (χ1) is 10.2. The van der Waals surface area contributed by atoms with Crippen LogP contribution < -0.4 is 5.32 Å². The smallest absolute Gasteiger partial charge is 0.156 e. The molecule has 1 aromatic carbocycles. The predicted octanol–water partition coefficient (Wildman–Crippen LogP) is 3.06. The van der Waals surface area contributed by atoms with Crippen LogP contribution in [0.1, 0.15) is 16.7 Å². The third-order valence-electron chi connectivity index (χ3n) is 3.69. The number of aromatic nitrogens is 3. The van der Waals surface area contributed by atoms with E-state index < -0.39 is 0 Å². The number of hydrogen-bond donors (Lipinski definition) is 2. The molecule has 21 heavy (non-hydrogen) atoms. The lowest BCUT2D eigenvalue weighted by atomic mass is 10.00. The van der Waals surface area contributed by atoms with Gasteiger partial charge in [0.25, 0.3) is 0 Å². The Labute approximate surface area is 126 Å². The molecule has 0 aliphatic rings. The average molecular weight is 300 g/mol. The highest BCUT2D eigenvalue weighted by Gasteiger charge is 2.08. The molecule has 0 aliphatic heterocycles. The van der Waals surface area contributed by atoms with Gasteiger partial charge in [-0.1, -0.05) is 6.07 Å². The Morgan fingerprint density at radius 1 is 1.14 bits per heavy atom. The van der Waals surface area contributed by atoms with Crippen molar-refractivity contribution in [3.8, 4) is 5.75 Å². The third kappa shape index (κ3) is 2.67. The van der Waals surface area contributed by atoms with Crippen LogP contribution in [0.25, 0.3) is 10.3 Å². The number of rotatable bonds is 4. The second-order valence-electron chi connectivity index (χ2n) is 4.90. The van der Waals surface area contributed by atoms with Crippen LogP contribution in [-0.2, 0) is 6.42 Å². The topological polar surface area (TPSA) is 70.9 Å². The molecule has 108 valence electrons. The molecular formula is C15H16N4OS. The largest absolute Gasteiger partial charge is 0.508 e. The first-order valence-electron chi connectivity index (χ1n) is 6.73. The molecule has 6 heteroatoms. The lowest BCUT2D eigenvalue weighted by molar-refractivity contribution is 0.470. The Hall–Kier alpha value is -2.21. The maximum Gasteiger partial charge on any atom is 0.156 e. The molecule has 0 radical (unpaired) electrons. The fourth-order valence-corrected chi connectivity index (χ4v) is 2.90. The number of hydrogen-bond acceptors (Lipinski definition) is 6. The van der Waals surface area contributed by atoms with Crippen LogP contribution in [0, 0.1) is 13.8 Å². The van der Waals surface area contributed by atoms with Gasteiger partial charge in [0.05, 0.1) is 5.51 Å². The minimum Gasteiger partial charge on any atom is -0.508 e. The molecule has 2 N–H and O–H groups in total. The number of phenolic OH excluding ortho intramolecular Hbond substituents is 1. The maximum absolute atomic E-state index is 9.68. The molecule has 3 rings (SSSR count). The summed E-state index contributed by atoms with van der Waals surface area (Å²) in [5, 5.41) is 13.0.